The van der Waals surface area contributed by atoms with Gasteiger partial charge in [-0.1, -0.05) is 0 Å². The molecule has 3 N–H and O–H groups in total. The van der Waals surface area contributed by atoms with Crippen LogP contribution in [0.1, 0.15) is 28.5 Å². The maximum atomic E-state index is 14.8. The molecule has 0 radical (unpaired) electrons. The molecule has 3 aliphatic rings. The number of amides is 2. The van der Waals surface area contributed by atoms with E-state index in [1.807, 2.05) is 6.07 Å². The first kappa shape index (κ1) is 20.1. The zero-order chi connectivity index (χ0) is 20.2. The van der Waals surface area contributed by atoms with E-state index in [0.717, 1.165) is 51.7 Å². The Morgan fingerprint density at radius 3 is 2.55 bits per heavy atom. The lowest BCUT2D eigenvalue weighted by Crippen LogP contribution is -2.49. The number of halogens is 1. The Hall–Kier alpha value is -2.19. The van der Waals surface area contributed by atoms with Crippen molar-refractivity contribution in [3.8, 4) is 0 Å². The van der Waals surface area contributed by atoms with Crippen LogP contribution in [-0.2, 0) is 9.59 Å². The quantitative estimate of drug-likeness (QED) is 0.645. The van der Waals surface area contributed by atoms with Crippen molar-refractivity contribution >= 4 is 23.2 Å². The summed E-state index contributed by atoms with van der Waals surface area (Å²) in [5.41, 5.74) is 1.17. The zero-order valence-electron chi connectivity index (χ0n) is 16.8. The number of carbonyl (C=O) groups excluding carboxylic acids is 2. The third kappa shape index (κ3) is 5.05. The molecule has 0 aliphatic carbocycles. The van der Waals surface area contributed by atoms with Gasteiger partial charge in [-0.25, -0.2) is 4.39 Å². The van der Waals surface area contributed by atoms with Gasteiger partial charge in [0.15, 0.2) is 0 Å². The highest BCUT2D eigenvalue weighted by Gasteiger charge is 2.27. The lowest BCUT2D eigenvalue weighted by molar-refractivity contribution is -0.133. The minimum absolute atomic E-state index is 0. The third-order valence-corrected chi connectivity index (χ3v) is 6.22. The van der Waals surface area contributed by atoms with Gasteiger partial charge in [0.2, 0.25) is 11.8 Å². The predicted molar refractivity (Wildman–Crippen MR) is 115 cm³/mol. The van der Waals surface area contributed by atoms with Crippen molar-refractivity contribution in [1.29, 1.82) is 0 Å². The summed E-state index contributed by atoms with van der Waals surface area (Å²) in [6.45, 7) is 6.94. The maximum Gasteiger partial charge on any atom is 0.249 e. The van der Waals surface area contributed by atoms with Crippen LogP contribution in [0.25, 0.3) is 0 Å². The van der Waals surface area contributed by atoms with E-state index in [0.29, 0.717) is 24.2 Å². The van der Waals surface area contributed by atoms with E-state index >= 15 is 0 Å². The Bertz CT molecular complexity index is 755. The van der Waals surface area contributed by atoms with Crippen LogP contribution in [0.2, 0.25) is 0 Å². The van der Waals surface area contributed by atoms with Crippen LogP contribution in [0, 0.1) is 11.7 Å². The van der Waals surface area contributed by atoms with Gasteiger partial charge in [0.05, 0.1) is 5.69 Å². The molecule has 3 aliphatic heterocycles. The summed E-state index contributed by atoms with van der Waals surface area (Å²) < 4.78 is 14.8. The van der Waals surface area contributed by atoms with Crippen LogP contribution >= 0.6 is 0 Å². The molecule has 29 heavy (non-hydrogen) atoms. The van der Waals surface area contributed by atoms with Crippen molar-refractivity contribution in [1.82, 2.24) is 15.5 Å². The van der Waals surface area contributed by atoms with E-state index in [1.165, 1.54) is 18.9 Å². The van der Waals surface area contributed by atoms with Crippen LogP contribution in [0.3, 0.4) is 0 Å². The number of hydrogen-bond acceptors (Lipinski definition) is 6. The average Bonchev–Trinajstić information content (AvgIpc) is 2.72. The molecule has 2 amide bonds. The number of anilines is 2. The summed E-state index contributed by atoms with van der Waals surface area (Å²) in [6.07, 6.45) is 3.21. The van der Waals surface area contributed by atoms with Crippen molar-refractivity contribution in [3.63, 3.8) is 0 Å². The summed E-state index contributed by atoms with van der Waals surface area (Å²) >= 11 is 0. The van der Waals surface area contributed by atoms with E-state index in [1.54, 1.807) is 6.07 Å². The van der Waals surface area contributed by atoms with Gasteiger partial charge in [0, 0.05) is 47.7 Å². The van der Waals surface area contributed by atoms with Gasteiger partial charge in [0.25, 0.3) is 0 Å². The molecule has 1 aromatic rings. The Balaban J connectivity index is 0.00000171. The lowest BCUT2D eigenvalue weighted by atomic mass is 9.97. The van der Waals surface area contributed by atoms with E-state index in [2.05, 4.69) is 25.8 Å². The summed E-state index contributed by atoms with van der Waals surface area (Å²) in [5, 5.41) is 8.76. The molecule has 162 valence electrons. The molecule has 8 heteroatoms. The van der Waals surface area contributed by atoms with Crippen molar-refractivity contribution in [2.75, 3.05) is 56.0 Å². The van der Waals surface area contributed by atoms with Crippen LogP contribution in [0.15, 0.2) is 18.2 Å². The normalized spacial score (nSPS) is 24.4. The monoisotopic (exact) mass is 407 g/mol. The molecule has 0 aromatic heterocycles. The van der Waals surface area contributed by atoms with Gasteiger partial charge in [0.1, 0.15) is 11.9 Å². The lowest BCUT2D eigenvalue weighted by Gasteiger charge is -2.38. The molecule has 1 aromatic carbocycles. The second-order valence-electron chi connectivity index (χ2n) is 8.30. The van der Waals surface area contributed by atoms with Crippen LogP contribution in [0.5, 0.6) is 0 Å². The number of piperidine rings is 2. The number of nitrogens with zero attached hydrogens (tertiary/aromatic N) is 2. The van der Waals surface area contributed by atoms with Crippen LogP contribution in [0.4, 0.5) is 15.8 Å². The smallest absolute Gasteiger partial charge is 0.249 e. The minimum atomic E-state index is -0.503. The van der Waals surface area contributed by atoms with E-state index in [-0.39, 0.29) is 20.5 Å². The first-order valence-corrected chi connectivity index (χ1v) is 10.7. The second-order valence-corrected chi connectivity index (χ2v) is 8.30. The SMILES string of the molecule is O=C1CCC(Nc2ccc(N3CCN(CC4CCNCC4)CC3)c(F)c2)C(=O)N1.[HH].[HH]. The molecule has 1 atom stereocenters. The number of nitrogens with one attached hydrogen (secondary N) is 3. The van der Waals surface area contributed by atoms with Gasteiger partial charge in [-0.3, -0.25) is 19.8 Å². The average molecular weight is 408 g/mol. The Morgan fingerprint density at radius 1 is 1.10 bits per heavy atom. The standard InChI is InChI=1S/C21H30FN5O2.2H2/c22-17-13-16(24-18-2-4-20(28)25-21(18)29)1-3-19(17)27-11-9-26(10-12-27)14-15-5-7-23-8-6-15;;/h1,3,13,15,18,23-24H,2,4-12,14H2,(H,25,28,29);2*1H. The molecule has 7 nitrogen and oxygen atoms in total. The number of benzene rings is 1. The summed E-state index contributed by atoms with van der Waals surface area (Å²) in [4.78, 5) is 27.7. The number of rotatable bonds is 5. The van der Waals surface area contributed by atoms with E-state index in [9.17, 15) is 14.0 Å². The van der Waals surface area contributed by atoms with Crippen LogP contribution in [-0.4, -0.2) is 68.6 Å². The zero-order valence-corrected chi connectivity index (χ0v) is 16.8. The fourth-order valence-electron chi connectivity index (χ4n) is 4.49. The van der Waals surface area contributed by atoms with Gasteiger partial charge in [-0.15, -0.1) is 0 Å². The number of hydrogen-bond donors (Lipinski definition) is 3. The fraction of sp³-hybridized carbons (Fsp3) is 0.619. The first-order valence-electron chi connectivity index (χ1n) is 10.7. The number of imide groups is 1. The maximum absolute atomic E-state index is 14.8. The Labute approximate surface area is 174 Å². The fourth-order valence-corrected chi connectivity index (χ4v) is 4.49. The predicted octanol–water partition coefficient (Wildman–Crippen LogP) is 1.66. The molecule has 3 fully saturated rings. The second kappa shape index (κ2) is 9.09. The Kier molecular flexibility index (Phi) is 6.30. The number of piperazine rings is 1. The van der Waals surface area contributed by atoms with E-state index < -0.39 is 6.04 Å². The topological polar surface area (TPSA) is 76.7 Å². The molecule has 3 heterocycles. The first-order chi connectivity index (χ1) is 14.1. The molecule has 1 unspecified atom stereocenters. The summed E-state index contributed by atoms with van der Waals surface area (Å²) in [7, 11) is 0. The molecule has 0 spiro atoms. The van der Waals surface area contributed by atoms with Crippen molar-refractivity contribution in [2.45, 2.75) is 31.7 Å². The van der Waals surface area contributed by atoms with Crippen LogP contribution < -0.4 is 20.9 Å². The van der Waals surface area contributed by atoms with Crippen molar-refractivity contribution in [2.24, 2.45) is 5.92 Å². The van der Waals surface area contributed by atoms with E-state index in [4.69, 9.17) is 0 Å². The minimum Gasteiger partial charge on any atom is -0.374 e. The molecule has 4 rings (SSSR count). The molecule has 0 bridgehead atoms. The largest absolute Gasteiger partial charge is 0.374 e. The Morgan fingerprint density at radius 2 is 1.86 bits per heavy atom. The summed E-state index contributed by atoms with van der Waals surface area (Å²) in [6, 6.07) is 4.53. The molecule has 0 saturated carbocycles. The van der Waals surface area contributed by atoms with Gasteiger partial charge in [-0.2, -0.15) is 0 Å². The highest BCUT2D eigenvalue weighted by molar-refractivity contribution is 6.01. The molecule has 3 saturated heterocycles. The summed E-state index contributed by atoms with van der Waals surface area (Å²) in [5.74, 6) is -0.115. The van der Waals surface area contributed by atoms with Gasteiger partial charge >= 0.3 is 0 Å². The van der Waals surface area contributed by atoms with Crippen molar-refractivity contribution < 1.29 is 16.8 Å². The molecular formula is C21H34FN5O2. The van der Waals surface area contributed by atoms with Crippen molar-refractivity contribution in [3.05, 3.63) is 24.0 Å². The van der Waals surface area contributed by atoms with Gasteiger partial charge in [-0.05, 0) is 56.5 Å². The number of carbonyl (C=O) groups is 2. The third-order valence-electron chi connectivity index (χ3n) is 6.22. The molecular weight excluding hydrogens is 373 g/mol. The highest BCUT2D eigenvalue weighted by atomic mass is 19.1. The van der Waals surface area contributed by atoms with Gasteiger partial charge < -0.3 is 15.5 Å². The highest BCUT2D eigenvalue weighted by Crippen LogP contribution is 2.25.